The molecular formula is C19H26N4. The van der Waals surface area contributed by atoms with Gasteiger partial charge < -0.3 is 15.1 Å². The fourth-order valence-corrected chi connectivity index (χ4v) is 2.92. The quantitative estimate of drug-likeness (QED) is 0.919. The number of hydrogen-bond donors (Lipinski definition) is 1. The van der Waals surface area contributed by atoms with Crippen LogP contribution in [0.3, 0.4) is 0 Å². The number of piperazine rings is 1. The third kappa shape index (κ3) is 4.30. The molecule has 0 spiro atoms. The summed E-state index contributed by atoms with van der Waals surface area (Å²) in [5.41, 5.74) is 3.91. The van der Waals surface area contributed by atoms with E-state index < -0.39 is 0 Å². The number of benzene rings is 1. The zero-order valence-electron chi connectivity index (χ0n) is 14.1. The number of pyridine rings is 1. The lowest BCUT2D eigenvalue weighted by atomic mass is 10.1. The normalized spacial score (nSPS) is 15.8. The Bertz CT molecular complexity index is 616. The lowest BCUT2D eigenvalue weighted by Gasteiger charge is -2.34. The topological polar surface area (TPSA) is 31.4 Å². The van der Waals surface area contributed by atoms with Crippen molar-refractivity contribution >= 4 is 5.82 Å². The number of likely N-dealkylation sites (N-methyl/N-ethyl adjacent to an activating group) is 1. The van der Waals surface area contributed by atoms with E-state index in [4.69, 9.17) is 0 Å². The van der Waals surface area contributed by atoms with Gasteiger partial charge in [-0.05, 0) is 25.6 Å². The molecule has 1 saturated heterocycles. The molecule has 23 heavy (non-hydrogen) atoms. The zero-order valence-corrected chi connectivity index (χ0v) is 14.1. The summed E-state index contributed by atoms with van der Waals surface area (Å²) in [5, 5.41) is 3.55. The maximum Gasteiger partial charge on any atom is 0.133 e. The molecule has 1 aliphatic heterocycles. The first-order valence-corrected chi connectivity index (χ1v) is 8.36. The molecule has 122 valence electrons. The Morgan fingerprint density at radius 1 is 1.00 bits per heavy atom. The summed E-state index contributed by atoms with van der Waals surface area (Å²) in [6.07, 6.45) is 1.90. The molecule has 1 aromatic heterocycles. The monoisotopic (exact) mass is 310 g/mol. The van der Waals surface area contributed by atoms with Gasteiger partial charge in [-0.2, -0.15) is 0 Å². The summed E-state index contributed by atoms with van der Waals surface area (Å²) in [5.74, 6) is 1.14. The minimum absolute atomic E-state index is 0.851. The van der Waals surface area contributed by atoms with Crippen LogP contribution in [0.5, 0.6) is 0 Å². The van der Waals surface area contributed by atoms with E-state index in [0.29, 0.717) is 0 Å². The number of aromatic nitrogens is 1. The molecule has 0 bridgehead atoms. The molecule has 0 radical (unpaired) electrons. The first-order valence-electron chi connectivity index (χ1n) is 8.36. The highest BCUT2D eigenvalue weighted by atomic mass is 15.3. The van der Waals surface area contributed by atoms with E-state index in [1.54, 1.807) is 0 Å². The molecule has 0 amide bonds. The summed E-state index contributed by atoms with van der Waals surface area (Å²) >= 11 is 0. The van der Waals surface area contributed by atoms with Gasteiger partial charge in [0, 0.05) is 51.0 Å². The molecule has 4 nitrogen and oxygen atoms in total. The van der Waals surface area contributed by atoms with Crippen molar-refractivity contribution in [2.75, 3.05) is 38.1 Å². The molecule has 0 atom stereocenters. The molecule has 2 aromatic rings. The first-order chi connectivity index (χ1) is 11.2. The highest BCUT2D eigenvalue weighted by Gasteiger charge is 2.17. The predicted octanol–water partition coefficient (Wildman–Crippen LogP) is 2.43. The Morgan fingerprint density at radius 2 is 1.74 bits per heavy atom. The Kier molecular flexibility index (Phi) is 5.26. The summed E-state index contributed by atoms with van der Waals surface area (Å²) in [6.45, 7) is 8.17. The standard InChI is InChI=1S/C19H26N4/c1-16-5-7-17(8-6-16)14-20-15-18-4-3-9-21-19(18)23-12-10-22(2)11-13-23/h3-9,20H,10-15H2,1-2H3. The van der Waals surface area contributed by atoms with Crippen LogP contribution >= 0.6 is 0 Å². The third-order valence-corrected chi connectivity index (χ3v) is 4.44. The minimum Gasteiger partial charge on any atom is -0.354 e. The summed E-state index contributed by atoms with van der Waals surface area (Å²) in [4.78, 5) is 9.41. The molecular weight excluding hydrogens is 284 g/mol. The van der Waals surface area contributed by atoms with Gasteiger partial charge in [-0.3, -0.25) is 0 Å². The average Bonchev–Trinajstić information content (AvgIpc) is 2.58. The second-order valence-corrected chi connectivity index (χ2v) is 6.37. The van der Waals surface area contributed by atoms with Crippen molar-refractivity contribution in [3.05, 3.63) is 59.3 Å². The molecule has 1 aromatic carbocycles. The summed E-state index contributed by atoms with van der Waals surface area (Å²) in [6, 6.07) is 12.9. The van der Waals surface area contributed by atoms with Gasteiger partial charge in [0.25, 0.3) is 0 Å². The van der Waals surface area contributed by atoms with E-state index in [-0.39, 0.29) is 0 Å². The van der Waals surface area contributed by atoms with E-state index in [9.17, 15) is 0 Å². The van der Waals surface area contributed by atoms with Crippen LogP contribution in [0.4, 0.5) is 5.82 Å². The van der Waals surface area contributed by atoms with Crippen LogP contribution in [0.25, 0.3) is 0 Å². The van der Waals surface area contributed by atoms with Crippen molar-refractivity contribution < 1.29 is 0 Å². The fraction of sp³-hybridized carbons (Fsp3) is 0.421. The highest BCUT2D eigenvalue weighted by Crippen LogP contribution is 2.18. The van der Waals surface area contributed by atoms with E-state index >= 15 is 0 Å². The van der Waals surface area contributed by atoms with Crippen molar-refractivity contribution in [3.63, 3.8) is 0 Å². The lowest BCUT2D eigenvalue weighted by molar-refractivity contribution is 0.311. The largest absolute Gasteiger partial charge is 0.354 e. The number of nitrogens with zero attached hydrogens (tertiary/aromatic N) is 3. The van der Waals surface area contributed by atoms with Gasteiger partial charge in [-0.25, -0.2) is 4.98 Å². The Hall–Kier alpha value is -1.91. The third-order valence-electron chi connectivity index (χ3n) is 4.44. The van der Waals surface area contributed by atoms with E-state index in [2.05, 4.69) is 64.4 Å². The van der Waals surface area contributed by atoms with Crippen LogP contribution in [-0.4, -0.2) is 43.1 Å². The van der Waals surface area contributed by atoms with Crippen molar-refractivity contribution in [1.29, 1.82) is 0 Å². The summed E-state index contributed by atoms with van der Waals surface area (Å²) < 4.78 is 0. The van der Waals surface area contributed by atoms with Crippen LogP contribution in [0, 0.1) is 6.92 Å². The van der Waals surface area contributed by atoms with Gasteiger partial charge in [0.15, 0.2) is 0 Å². The van der Waals surface area contributed by atoms with Gasteiger partial charge >= 0.3 is 0 Å². The van der Waals surface area contributed by atoms with Crippen molar-refractivity contribution in [2.24, 2.45) is 0 Å². The Morgan fingerprint density at radius 3 is 2.48 bits per heavy atom. The van der Waals surface area contributed by atoms with Crippen LogP contribution in [-0.2, 0) is 13.1 Å². The fourth-order valence-electron chi connectivity index (χ4n) is 2.92. The van der Waals surface area contributed by atoms with Gasteiger partial charge in [0.2, 0.25) is 0 Å². The van der Waals surface area contributed by atoms with Gasteiger partial charge in [0.05, 0.1) is 0 Å². The highest BCUT2D eigenvalue weighted by molar-refractivity contribution is 5.47. The predicted molar refractivity (Wildman–Crippen MR) is 95.7 cm³/mol. The lowest BCUT2D eigenvalue weighted by Crippen LogP contribution is -2.45. The molecule has 4 heteroatoms. The molecule has 1 N–H and O–H groups in total. The van der Waals surface area contributed by atoms with E-state index in [1.165, 1.54) is 16.7 Å². The van der Waals surface area contributed by atoms with Crippen molar-refractivity contribution in [3.8, 4) is 0 Å². The van der Waals surface area contributed by atoms with Crippen LogP contribution in [0.15, 0.2) is 42.6 Å². The molecule has 0 unspecified atom stereocenters. The number of nitrogens with one attached hydrogen (secondary N) is 1. The van der Waals surface area contributed by atoms with Crippen molar-refractivity contribution in [1.82, 2.24) is 15.2 Å². The number of aryl methyl sites for hydroxylation is 1. The van der Waals surface area contributed by atoms with Gasteiger partial charge in [0.1, 0.15) is 5.82 Å². The van der Waals surface area contributed by atoms with Crippen LogP contribution < -0.4 is 10.2 Å². The molecule has 1 aliphatic rings. The van der Waals surface area contributed by atoms with E-state index in [1.807, 2.05) is 12.3 Å². The van der Waals surface area contributed by atoms with Crippen molar-refractivity contribution in [2.45, 2.75) is 20.0 Å². The summed E-state index contributed by atoms with van der Waals surface area (Å²) in [7, 11) is 2.18. The smallest absolute Gasteiger partial charge is 0.133 e. The number of hydrogen-bond acceptors (Lipinski definition) is 4. The second kappa shape index (κ2) is 7.57. The Labute approximate surface area is 139 Å². The first kappa shape index (κ1) is 16.0. The second-order valence-electron chi connectivity index (χ2n) is 6.37. The molecule has 1 fully saturated rings. The van der Waals surface area contributed by atoms with Crippen LogP contribution in [0.1, 0.15) is 16.7 Å². The van der Waals surface area contributed by atoms with Gasteiger partial charge in [-0.15, -0.1) is 0 Å². The average molecular weight is 310 g/mol. The molecule has 2 heterocycles. The maximum absolute atomic E-state index is 4.63. The van der Waals surface area contributed by atoms with Gasteiger partial charge in [-0.1, -0.05) is 35.9 Å². The Balaban J connectivity index is 1.60. The maximum atomic E-state index is 4.63. The number of anilines is 1. The van der Waals surface area contributed by atoms with E-state index in [0.717, 1.165) is 45.1 Å². The molecule has 3 rings (SSSR count). The molecule has 0 aliphatic carbocycles. The zero-order chi connectivity index (χ0) is 16.1. The number of rotatable bonds is 5. The molecule has 0 saturated carbocycles. The SMILES string of the molecule is Cc1ccc(CNCc2cccnc2N2CCN(C)CC2)cc1. The van der Waals surface area contributed by atoms with Crippen LogP contribution in [0.2, 0.25) is 0 Å². The minimum atomic E-state index is 0.851.